The minimum atomic E-state index is -0.446. The topological polar surface area (TPSA) is 57.1 Å². The van der Waals surface area contributed by atoms with Crippen LogP contribution >= 0.6 is 0 Å². The SMILES string of the molecule is COc1ccc(C2(N=C=O)CCCC2)cc1OC1CCOC1. The fourth-order valence-electron chi connectivity index (χ4n) is 3.36. The van der Waals surface area contributed by atoms with Crippen LogP contribution in [0.4, 0.5) is 0 Å². The summed E-state index contributed by atoms with van der Waals surface area (Å²) < 4.78 is 16.8. The first-order chi connectivity index (χ1) is 10.8. The van der Waals surface area contributed by atoms with Gasteiger partial charge in [-0.2, -0.15) is 4.99 Å². The lowest BCUT2D eigenvalue weighted by atomic mass is 9.88. The van der Waals surface area contributed by atoms with E-state index in [1.807, 2.05) is 18.2 Å². The summed E-state index contributed by atoms with van der Waals surface area (Å²) in [4.78, 5) is 15.0. The third kappa shape index (κ3) is 2.87. The van der Waals surface area contributed by atoms with Crippen molar-refractivity contribution in [2.24, 2.45) is 4.99 Å². The average molecular weight is 303 g/mol. The molecular formula is C17H21NO4. The first-order valence-corrected chi connectivity index (χ1v) is 7.79. The minimum absolute atomic E-state index is 0.0539. The quantitative estimate of drug-likeness (QED) is 0.620. The Labute approximate surface area is 130 Å². The number of hydrogen-bond acceptors (Lipinski definition) is 5. The van der Waals surface area contributed by atoms with Crippen LogP contribution in [-0.2, 0) is 15.1 Å². The molecule has 0 amide bonds. The normalized spacial score (nSPS) is 23.0. The molecule has 0 spiro atoms. The first-order valence-electron chi connectivity index (χ1n) is 7.79. The molecule has 5 nitrogen and oxygen atoms in total. The van der Waals surface area contributed by atoms with Crippen LogP contribution < -0.4 is 9.47 Å². The monoisotopic (exact) mass is 303 g/mol. The van der Waals surface area contributed by atoms with Gasteiger partial charge in [0.1, 0.15) is 6.10 Å². The summed E-state index contributed by atoms with van der Waals surface area (Å²) in [6.45, 7) is 1.33. The van der Waals surface area contributed by atoms with Gasteiger partial charge < -0.3 is 14.2 Å². The second kappa shape index (κ2) is 6.51. The van der Waals surface area contributed by atoms with Gasteiger partial charge >= 0.3 is 0 Å². The first kappa shape index (κ1) is 15.1. The predicted octanol–water partition coefficient (Wildman–Crippen LogP) is 2.97. The molecule has 1 heterocycles. The molecule has 1 aliphatic carbocycles. The fraction of sp³-hybridized carbons (Fsp3) is 0.588. The summed E-state index contributed by atoms with van der Waals surface area (Å²) in [5, 5.41) is 0. The molecule has 1 aromatic carbocycles. The van der Waals surface area contributed by atoms with Crippen molar-refractivity contribution in [3.8, 4) is 11.5 Å². The van der Waals surface area contributed by atoms with Gasteiger partial charge in [0.15, 0.2) is 11.5 Å². The lowest BCUT2D eigenvalue weighted by Crippen LogP contribution is -2.20. The van der Waals surface area contributed by atoms with E-state index in [0.29, 0.717) is 18.1 Å². The molecule has 1 unspecified atom stereocenters. The van der Waals surface area contributed by atoms with Gasteiger partial charge in [0.25, 0.3) is 0 Å². The van der Waals surface area contributed by atoms with Crippen molar-refractivity contribution >= 4 is 6.08 Å². The van der Waals surface area contributed by atoms with Crippen molar-refractivity contribution < 1.29 is 19.0 Å². The summed E-state index contributed by atoms with van der Waals surface area (Å²) in [5.41, 5.74) is 0.557. The lowest BCUT2D eigenvalue weighted by molar-refractivity contribution is 0.138. The summed E-state index contributed by atoms with van der Waals surface area (Å²) >= 11 is 0. The van der Waals surface area contributed by atoms with Crippen LogP contribution in [0.1, 0.15) is 37.7 Å². The molecule has 1 aliphatic heterocycles. The molecule has 2 aliphatic rings. The van der Waals surface area contributed by atoms with E-state index in [1.54, 1.807) is 13.2 Å². The molecule has 0 bridgehead atoms. The number of nitrogens with zero attached hydrogens (tertiary/aromatic N) is 1. The summed E-state index contributed by atoms with van der Waals surface area (Å²) in [6.07, 6.45) is 6.58. The maximum atomic E-state index is 10.9. The highest BCUT2D eigenvalue weighted by Crippen LogP contribution is 2.44. The fourth-order valence-corrected chi connectivity index (χ4v) is 3.36. The van der Waals surface area contributed by atoms with Gasteiger partial charge in [0.2, 0.25) is 6.08 Å². The number of carbonyl (C=O) groups excluding carboxylic acids is 1. The minimum Gasteiger partial charge on any atom is -0.493 e. The van der Waals surface area contributed by atoms with Crippen molar-refractivity contribution in [1.82, 2.24) is 0 Å². The van der Waals surface area contributed by atoms with E-state index >= 15 is 0 Å². The Hall–Kier alpha value is -1.84. The molecule has 3 rings (SSSR count). The largest absolute Gasteiger partial charge is 0.493 e. The Balaban J connectivity index is 1.93. The number of rotatable bonds is 5. The molecular weight excluding hydrogens is 282 g/mol. The molecule has 1 aromatic rings. The number of hydrogen-bond donors (Lipinski definition) is 0. The van der Waals surface area contributed by atoms with Gasteiger partial charge in [-0.1, -0.05) is 18.9 Å². The van der Waals surface area contributed by atoms with Crippen LogP contribution in [0.25, 0.3) is 0 Å². The van der Waals surface area contributed by atoms with E-state index in [4.69, 9.17) is 14.2 Å². The number of aliphatic imine (C=N–C) groups is 1. The number of methoxy groups -OCH3 is 1. The standard InChI is InChI=1S/C17H21NO4/c1-20-15-5-4-13(17(18-12-19)7-2-3-8-17)10-16(15)22-14-6-9-21-11-14/h4-5,10,14H,2-3,6-9,11H2,1H3. The molecule has 0 radical (unpaired) electrons. The second-order valence-electron chi connectivity index (χ2n) is 5.91. The van der Waals surface area contributed by atoms with E-state index in [9.17, 15) is 4.79 Å². The van der Waals surface area contributed by atoms with Crippen LogP contribution in [0, 0.1) is 0 Å². The Kier molecular flexibility index (Phi) is 4.46. The summed E-state index contributed by atoms with van der Waals surface area (Å²) in [5.74, 6) is 1.39. The zero-order valence-corrected chi connectivity index (χ0v) is 12.8. The van der Waals surface area contributed by atoms with E-state index in [2.05, 4.69) is 4.99 Å². The molecule has 0 N–H and O–H groups in total. The third-order valence-electron chi connectivity index (χ3n) is 4.57. The smallest absolute Gasteiger partial charge is 0.235 e. The Bertz CT molecular complexity index is 568. The van der Waals surface area contributed by atoms with Gasteiger partial charge in [0.05, 0.1) is 25.9 Å². The molecule has 5 heteroatoms. The van der Waals surface area contributed by atoms with E-state index in [-0.39, 0.29) is 6.10 Å². The Morgan fingerprint density at radius 1 is 1.32 bits per heavy atom. The van der Waals surface area contributed by atoms with Gasteiger partial charge in [-0.25, -0.2) is 4.79 Å². The van der Waals surface area contributed by atoms with E-state index in [0.717, 1.165) is 44.3 Å². The van der Waals surface area contributed by atoms with Crippen molar-refractivity contribution in [1.29, 1.82) is 0 Å². The van der Waals surface area contributed by atoms with Gasteiger partial charge in [-0.05, 0) is 30.5 Å². The van der Waals surface area contributed by atoms with Crippen molar-refractivity contribution in [3.05, 3.63) is 23.8 Å². The van der Waals surface area contributed by atoms with Gasteiger partial charge in [-0.3, -0.25) is 0 Å². The highest BCUT2D eigenvalue weighted by atomic mass is 16.6. The van der Waals surface area contributed by atoms with Crippen LogP contribution in [-0.4, -0.2) is 32.5 Å². The van der Waals surface area contributed by atoms with Crippen LogP contribution in [0.15, 0.2) is 23.2 Å². The van der Waals surface area contributed by atoms with Crippen molar-refractivity contribution in [2.75, 3.05) is 20.3 Å². The maximum absolute atomic E-state index is 10.9. The lowest BCUT2D eigenvalue weighted by Gasteiger charge is -2.24. The Morgan fingerprint density at radius 3 is 2.77 bits per heavy atom. The Morgan fingerprint density at radius 2 is 2.14 bits per heavy atom. The van der Waals surface area contributed by atoms with Gasteiger partial charge in [0, 0.05) is 6.42 Å². The van der Waals surface area contributed by atoms with Crippen LogP contribution in [0.2, 0.25) is 0 Å². The summed E-state index contributed by atoms with van der Waals surface area (Å²) in [6, 6.07) is 5.83. The highest BCUT2D eigenvalue weighted by molar-refractivity contribution is 5.47. The summed E-state index contributed by atoms with van der Waals surface area (Å²) in [7, 11) is 1.63. The molecule has 118 valence electrons. The third-order valence-corrected chi connectivity index (χ3v) is 4.57. The van der Waals surface area contributed by atoms with E-state index in [1.165, 1.54) is 0 Å². The molecule has 1 atom stereocenters. The molecule has 0 aromatic heterocycles. The highest BCUT2D eigenvalue weighted by Gasteiger charge is 2.36. The molecule has 2 fully saturated rings. The molecule has 1 saturated heterocycles. The van der Waals surface area contributed by atoms with E-state index < -0.39 is 5.54 Å². The van der Waals surface area contributed by atoms with Crippen LogP contribution in [0.3, 0.4) is 0 Å². The van der Waals surface area contributed by atoms with Crippen LogP contribution in [0.5, 0.6) is 11.5 Å². The predicted molar refractivity (Wildman–Crippen MR) is 81.1 cm³/mol. The maximum Gasteiger partial charge on any atom is 0.235 e. The number of benzene rings is 1. The number of isocyanates is 1. The zero-order valence-electron chi connectivity index (χ0n) is 12.8. The second-order valence-corrected chi connectivity index (χ2v) is 5.91. The van der Waals surface area contributed by atoms with Crippen molar-refractivity contribution in [2.45, 2.75) is 43.7 Å². The molecule has 22 heavy (non-hydrogen) atoms. The number of ether oxygens (including phenoxy) is 3. The average Bonchev–Trinajstić information content (AvgIpc) is 3.20. The van der Waals surface area contributed by atoms with Crippen molar-refractivity contribution in [3.63, 3.8) is 0 Å². The molecule has 1 saturated carbocycles. The zero-order chi connectivity index (χ0) is 15.4. The van der Waals surface area contributed by atoms with Gasteiger partial charge in [-0.15, -0.1) is 0 Å².